The lowest BCUT2D eigenvalue weighted by molar-refractivity contribution is 0.549. The highest BCUT2D eigenvalue weighted by molar-refractivity contribution is 6.30. The van der Waals surface area contributed by atoms with Crippen LogP contribution >= 0.6 is 11.6 Å². The molecular weight excluding hydrogens is 234 g/mol. The number of hydrogen-bond donors (Lipinski definition) is 2. The van der Waals surface area contributed by atoms with Crippen LogP contribution in [0.4, 0.5) is 5.69 Å². The summed E-state index contributed by atoms with van der Waals surface area (Å²) in [4.78, 5) is 0. The lowest BCUT2D eigenvalue weighted by Gasteiger charge is -2.11. The van der Waals surface area contributed by atoms with Gasteiger partial charge in [0.2, 0.25) is 0 Å². The minimum atomic E-state index is 0.652. The summed E-state index contributed by atoms with van der Waals surface area (Å²) in [6, 6.07) is 7.47. The molecule has 90 valence electrons. The van der Waals surface area contributed by atoms with Crippen LogP contribution in [0.5, 0.6) is 0 Å². The third kappa shape index (κ3) is 3.36. The van der Waals surface area contributed by atoms with Crippen molar-refractivity contribution in [2.75, 3.05) is 25.0 Å². The second-order valence-corrected chi connectivity index (χ2v) is 4.81. The Morgan fingerprint density at radius 3 is 3.12 bits per heavy atom. The van der Waals surface area contributed by atoms with Gasteiger partial charge in [-0.05, 0) is 50.0 Å². The lowest BCUT2D eigenvalue weighted by Crippen LogP contribution is -2.13. The summed E-state index contributed by atoms with van der Waals surface area (Å²) in [6.45, 7) is 3.13. The molecule has 1 aliphatic rings. The van der Waals surface area contributed by atoms with Crippen molar-refractivity contribution < 1.29 is 0 Å². The summed E-state index contributed by atoms with van der Waals surface area (Å²) in [5.74, 6) is 0.757. The molecule has 17 heavy (non-hydrogen) atoms. The Hall–Kier alpha value is -1.24. The monoisotopic (exact) mass is 249 g/mol. The molecule has 1 fully saturated rings. The van der Waals surface area contributed by atoms with Gasteiger partial charge in [-0.15, -0.1) is 0 Å². The number of benzene rings is 1. The maximum atomic E-state index is 8.98. The van der Waals surface area contributed by atoms with E-state index in [1.165, 1.54) is 6.42 Å². The van der Waals surface area contributed by atoms with Crippen LogP contribution in [-0.2, 0) is 0 Å². The molecule has 0 spiro atoms. The van der Waals surface area contributed by atoms with Crippen LogP contribution in [0.2, 0.25) is 5.02 Å². The maximum absolute atomic E-state index is 8.98. The van der Waals surface area contributed by atoms with Gasteiger partial charge >= 0.3 is 0 Å². The molecular formula is C13H16ClN3. The molecule has 1 aromatic carbocycles. The average molecular weight is 250 g/mol. The van der Waals surface area contributed by atoms with Gasteiger partial charge in [-0.25, -0.2) is 0 Å². The van der Waals surface area contributed by atoms with E-state index in [1.807, 2.05) is 6.07 Å². The molecule has 1 unspecified atom stereocenters. The van der Waals surface area contributed by atoms with Gasteiger partial charge in [0, 0.05) is 11.6 Å². The zero-order valence-electron chi connectivity index (χ0n) is 9.67. The van der Waals surface area contributed by atoms with Crippen LogP contribution in [0.15, 0.2) is 18.2 Å². The van der Waals surface area contributed by atoms with E-state index in [0.29, 0.717) is 10.6 Å². The standard InChI is InChI=1S/C13H16ClN3/c14-12-2-1-11(8-15)13(7-12)17-6-4-10-3-5-16-9-10/h1-2,7,10,16-17H,3-6,9H2. The molecule has 1 aromatic rings. The first-order valence-electron chi connectivity index (χ1n) is 5.94. The maximum Gasteiger partial charge on any atom is 0.101 e. The van der Waals surface area contributed by atoms with E-state index in [-0.39, 0.29) is 0 Å². The van der Waals surface area contributed by atoms with Crippen molar-refractivity contribution in [1.82, 2.24) is 5.32 Å². The van der Waals surface area contributed by atoms with Crippen LogP contribution in [-0.4, -0.2) is 19.6 Å². The molecule has 1 heterocycles. The summed E-state index contributed by atoms with van der Waals surface area (Å²) in [6.07, 6.45) is 2.38. The molecule has 0 radical (unpaired) electrons. The number of nitriles is 1. The normalized spacial score (nSPS) is 18.9. The zero-order valence-corrected chi connectivity index (χ0v) is 10.4. The zero-order chi connectivity index (χ0) is 12.1. The first-order chi connectivity index (χ1) is 8.29. The van der Waals surface area contributed by atoms with E-state index in [0.717, 1.165) is 37.7 Å². The van der Waals surface area contributed by atoms with Crippen LogP contribution in [0.25, 0.3) is 0 Å². The summed E-state index contributed by atoms with van der Waals surface area (Å²) >= 11 is 5.92. The molecule has 0 aliphatic carbocycles. The van der Waals surface area contributed by atoms with Gasteiger partial charge in [0.1, 0.15) is 6.07 Å². The van der Waals surface area contributed by atoms with E-state index >= 15 is 0 Å². The van der Waals surface area contributed by atoms with Crippen LogP contribution in [0, 0.1) is 17.2 Å². The fraction of sp³-hybridized carbons (Fsp3) is 0.462. The Balaban J connectivity index is 1.89. The second-order valence-electron chi connectivity index (χ2n) is 4.38. The summed E-state index contributed by atoms with van der Waals surface area (Å²) in [7, 11) is 0. The quantitative estimate of drug-likeness (QED) is 0.863. The first-order valence-corrected chi connectivity index (χ1v) is 6.31. The Bertz CT molecular complexity index is 419. The van der Waals surface area contributed by atoms with Crippen molar-refractivity contribution in [3.8, 4) is 6.07 Å². The molecule has 2 rings (SSSR count). The molecule has 2 N–H and O–H groups in total. The van der Waals surface area contributed by atoms with E-state index in [2.05, 4.69) is 16.7 Å². The average Bonchev–Trinajstić information content (AvgIpc) is 2.82. The van der Waals surface area contributed by atoms with E-state index in [1.54, 1.807) is 12.1 Å². The largest absolute Gasteiger partial charge is 0.384 e. The highest BCUT2D eigenvalue weighted by Gasteiger charge is 2.13. The van der Waals surface area contributed by atoms with Crippen LogP contribution in [0.1, 0.15) is 18.4 Å². The third-order valence-corrected chi connectivity index (χ3v) is 3.37. The molecule has 0 aromatic heterocycles. The highest BCUT2D eigenvalue weighted by atomic mass is 35.5. The molecule has 1 saturated heterocycles. The fourth-order valence-corrected chi connectivity index (χ4v) is 2.30. The minimum absolute atomic E-state index is 0.652. The molecule has 0 amide bonds. The second kappa shape index (κ2) is 5.90. The number of nitrogens with one attached hydrogen (secondary N) is 2. The number of anilines is 1. The third-order valence-electron chi connectivity index (χ3n) is 3.13. The Morgan fingerprint density at radius 2 is 2.41 bits per heavy atom. The van der Waals surface area contributed by atoms with Crippen molar-refractivity contribution in [2.24, 2.45) is 5.92 Å². The summed E-state index contributed by atoms with van der Waals surface area (Å²) < 4.78 is 0. The SMILES string of the molecule is N#Cc1ccc(Cl)cc1NCCC1CCNC1. The highest BCUT2D eigenvalue weighted by Crippen LogP contribution is 2.21. The molecule has 4 heteroatoms. The van der Waals surface area contributed by atoms with Gasteiger partial charge in [0.05, 0.1) is 11.3 Å². The lowest BCUT2D eigenvalue weighted by atomic mass is 10.1. The fourth-order valence-electron chi connectivity index (χ4n) is 2.13. The molecule has 0 bridgehead atoms. The van der Waals surface area contributed by atoms with Gasteiger partial charge in [-0.1, -0.05) is 11.6 Å². The van der Waals surface area contributed by atoms with Crippen molar-refractivity contribution in [1.29, 1.82) is 5.26 Å². The molecule has 1 atom stereocenters. The first kappa shape index (κ1) is 12.2. The van der Waals surface area contributed by atoms with Gasteiger partial charge in [0.25, 0.3) is 0 Å². The molecule has 3 nitrogen and oxygen atoms in total. The predicted octanol–water partition coefficient (Wildman–Crippen LogP) is 2.62. The molecule has 0 saturated carbocycles. The number of rotatable bonds is 4. The van der Waals surface area contributed by atoms with E-state index < -0.39 is 0 Å². The van der Waals surface area contributed by atoms with Gasteiger partial charge in [0.15, 0.2) is 0 Å². The number of nitrogens with zero attached hydrogens (tertiary/aromatic N) is 1. The topological polar surface area (TPSA) is 47.9 Å². The smallest absolute Gasteiger partial charge is 0.101 e. The predicted molar refractivity (Wildman–Crippen MR) is 70.3 cm³/mol. The van der Waals surface area contributed by atoms with Gasteiger partial charge in [-0.3, -0.25) is 0 Å². The van der Waals surface area contributed by atoms with Crippen molar-refractivity contribution in [2.45, 2.75) is 12.8 Å². The van der Waals surface area contributed by atoms with Gasteiger partial charge < -0.3 is 10.6 Å². The number of hydrogen-bond acceptors (Lipinski definition) is 3. The van der Waals surface area contributed by atoms with E-state index in [9.17, 15) is 0 Å². The Morgan fingerprint density at radius 1 is 1.53 bits per heavy atom. The summed E-state index contributed by atoms with van der Waals surface area (Å²) in [5, 5.41) is 16.3. The van der Waals surface area contributed by atoms with Crippen molar-refractivity contribution >= 4 is 17.3 Å². The minimum Gasteiger partial charge on any atom is -0.384 e. The van der Waals surface area contributed by atoms with Crippen molar-refractivity contribution in [3.63, 3.8) is 0 Å². The van der Waals surface area contributed by atoms with Crippen LogP contribution < -0.4 is 10.6 Å². The Labute approximate surface area is 107 Å². The summed E-state index contributed by atoms with van der Waals surface area (Å²) in [5.41, 5.74) is 1.49. The number of halogens is 1. The van der Waals surface area contributed by atoms with Crippen molar-refractivity contribution in [3.05, 3.63) is 28.8 Å². The van der Waals surface area contributed by atoms with Crippen LogP contribution in [0.3, 0.4) is 0 Å². The van der Waals surface area contributed by atoms with Gasteiger partial charge in [-0.2, -0.15) is 5.26 Å². The van der Waals surface area contributed by atoms with E-state index in [4.69, 9.17) is 16.9 Å². The Kier molecular flexibility index (Phi) is 4.24. The molecule has 1 aliphatic heterocycles.